The molecule has 7 heteroatoms. The molecule has 0 saturated carbocycles. The second-order valence-electron chi connectivity index (χ2n) is 4.89. The quantitative estimate of drug-likeness (QED) is 0.884. The van der Waals surface area contributed by atoms with Gasteiger partial charge in [-0.2, -0.15) is 12.7 Å². The summed E-state index contributed by atoms with van der Waals surface area (Å²) in [5, 5.41) is 2.95. The molecule has 2 aromatic rings. The fourth-order valence-electron chi connectivity index (χ4n) is 1.80. The summed E-state index contributed by atoms with van der Waals surface area (Å²) < 4.78 is 26.9. The lowest BCUT2D eigenvalue weighted by atomic mass is 10.1. The number of thiazole rings is 1. The van der Waals surface area contributed by atoms with Crippen LogP contribution in [0.25, 0.3) is 10.6 Å². The van der Waals surface area contributed by atoms with Crippen LogP contribution in [0.3, 0.4) is 0 Å². The van der Waals surface area contributed by atoms with Gasteiger partial charge in [0, 0.05) is 38.0 Å². The number of hydrogen-bond acceptors (Lipinski definition) is 4. The van der Waals surface area contributed by atoms with Crippen LogP contribution >= 0.6 is 11.3 Å². The fourth-order valence-corrected chi connectivity index (χ4v) is 3.36. The van der Waals surface area contributed by atoms with E-state index in [2.05, 4.69) is 22.7 Å². The zero-order chi connectivity index (χ0) is 15.5. The van der Waals surface area contributed by atoms with Crippen molar-refractivity contribution in [3.8, 4) is 10.6 Å². The molecule has 0 fully saturated rings. The molecular formula is C14H19N3O2S2. The summed E-state index contributed by atoms with van der Waals surface area (Å²) in [6.07, 6.45) is 0.579. The Morgan fingerprint density at radius 3 is 2.67 bits per heavy atom. The first-order valence-corrected chi connectivity index (χ1v) is 8.89. The maximum Gasteiger partial charge on any atom is 0.278 e. The first-order valence-electron chi connectivity index (χ1n) is 6.57. The van der Waals surface area contributed by atoms with Gasteiger partial charge in [-0.25, -0.2) is 9.71 Å². The molecule has 1 N–H and O–H groups in total. The molecule has 21 heavy (non-hydrogen) atoms. The third-order valence-electron chi connectivity index (χ3n) is 3.07. The number of rotatable bonds is 6. The lowest BCUT2D eigenvalue weighted by molar-refractivity contribution is 0.506. The molecule has 2 rings (SSSR count). The van der Waals surface area contributed by atoms with E-state index in [1.54, 1.807) is 11.3 Å². The molecule has 0 unspecified atom stereocenters. The largest absolute Gasteiger partial charge is 0.278 e. The third kappa shape index (κ3) is 4.10. The Morgan fingerprint density at radius 2 is 2.00 bits per heavy atom. The molecule has 0 aliphatic rings. The summed E-state index contributed by atoms with van der Waals surface area (Å²) in [7, 11) is -0.359. The lowest BCUT2D eigenvalue weighted by Gasteiger charge is -2.11. The summed E-state index contributed by atoms with van der Waals surface area (Å²) >= 11 is 1.58. The van der Waals surface area contributed by atoms with Gasteiger partial charge in [0.05, 0.1) is 5.69 Å². The minimum atomic E-state index is -3.36. The molecule has 0 spiro atoms. The second-order valence-corrected chi connectivity index (χ2v) is 7.72. The Balaban J connectivity index is 2.00. The summed E-state index contributed by atoms with van der Waals surface area (Å²) in [5.41, 5.74) is 3.22. The van der Waals surface area contributed by atoms with Crippen LogP contribution in [0, 0.1) is 6.92 Å². The van der Waals surface area contributed by atoms with E-state index in [-0.39, 0.29) is 0 Å². The molecule has 0 aliphatic carbocycles. The Bertz CT molecular complexity index is 709. The van der Waals surface area contributed by atoms with Crippen molar-refractivity contribution < 1.29 is 8.42 Å². The normalized spacial score (nSPS) is 12.0. The number of hydrogen-bond donors (Lipinski definition) is 1. The maximum absolute atomic E-state index is 11.6. The molecular weight excluding hydrogens is 306 g/mol. The number of nitrogens with zero attached hydrogens (tertiary/aromatic N) is 2. The molecule has 1 aromatic heterocycles. The highest BCUT2D eigenvalue weighted by Gasteiger charge is 2.12. The van der Waals surface area contributed by atoms with Crippen LogP contribution in [0.5, 0.6) is 0 Å². The van der Waals surface area contributed by atoms with E-state index in [1.807, 2.05) is 23.6 Å². The molecule has 0 amide bonds. The molecule has 0 bridgehead atoms. The van der Waals surface area contributed by atoms with Gasteiger partial charge in [0.15, 0.2) is 0 Å². The molecule has 0 atom stereocenters. The van der Waals surface area contributed by atoms with Crippen LogP contribution in [-0.2, 0) is 16.6 Å². The van der Waals surface area contributed by atoms with E-state index in [0.29, 0.717) is 13.0 Å². The van der Waals surface area contributed by atoms with Crippen molar-refractivity contribution in [2.24, 2.45) is 0 Å². The summed E-state index contributed by atoms with van der Waals surface area (Å²) in [6.45, 7) is 2.40. The highest BCUT2D eigenvalue weighted by atomic mass is 32.2. The van der Waals surface area contributed by atoms with E-state index in [9.17, 15) is 8.42 Å². The smallest absolute Gasteiger partial charge is 0.241 e. The summed E-state index contributed by atoms with van der Waals surface area (Å²) in [4.78, 5) is 4.58. The van der Waals surface area contributed by atoms with Crippen molar-refractivity contribution in [2.75, 3.05) is 20.6 Å². The summed E-state index contributed by atoms with van der Waals surface area (Å²) in [6, 6.07) is 8.10. The minimum absolute atomic E-state index is 0.345. The number of benzene rings is 1. The van der Waals surface area contributed by atoms with Gasteiger partial charge in [-0.05, 0) is 12.5 Å². The van der Waals surface area contributed by atoms with Gasteiger partial charge in [0.1, 0.15) is 5.01 Å². The van der Waals surface area contributed by atoms with Crippen LogP contribution in [0.1, 0.15) is 11.3 Å². The lowest BCUT2D eigenvalue weighted by Crippen LogP contribution is -2.36. The third-order valence-corrected chi connectivity index (χ3v) is 5.53. The number of aryl methyl sites for hydroxylation is 1. The topological polar surface area (TPSA) is 62.3 Å². The van der Waals surface area contributed by atoms with Crippen molar-refractivity contribution in [1.82, 2.24) is 14.0 Å². The average Bonchev–Trinajstić information content (AvgIpc) is 2.87. The Labute approximate surface area is 129 Å². The molecule has 114 valence electrons. The standard InChI is InChI=1S/C14H19N3O2S2/c1-11-6-4-5-7-13(11)14-16-12(10-20-14)8-9-15-21(18,19)17(2)3/h4-7,10,15H,8-9H2,1-3H3. The van der Waals surface area contributed by atoms with Crippen LogP contribution < -0.4 is 4.72 Å². The van der Waals surface area contributed by atoms with Crippen molar-refractivity contribution in [1.29, 1.82) is 0 Å². The monoisotopic (exact) mass is 325 g/mol. The predicted molar refractivity (Wildman–Crippen MR) is 86.6 cm³/mol. The molecule has 0 aliphatic heterocycles. The van der Waals surface area contributed by atoms with Crippen molar-refractivity contribution in [3.63, 3.8) is 0 Å². The zero-order valence-corrected chi connectivity index (χ0v) is 14.0. The summed E-state index contributed by atoms with van der Waals surface area (Å²) in [5.74, 6) is 0. The van der Waals surface area contributed by atoms with Crippen molar-refractivity contribution >= 4 is 21.5 Å². The van der Waals surface area contributed by atoms with Crippen LogP contribution in [-0.4, -0.2) is 38.3 Å². The van der Waals surface area contributed by atoms with Gasteiger partial charge in [0.2, 0.25) is 0 Å². The maximum atomic E-state index is 11.6. The Kier molecular flexibility index (Phi) is 5.10. The van der Waals surface area contributed by atoms with Gasteiger partial charge in [-0.3, -0.25) is 0 Å². The zero-order valence-electron chi connectivity index (χ0n) is 12.3. The van der Waals surface area contributed by atoms with Crippen LogP contribution in [0.4, 0.5) is 0 Å². The van der Waals surface area contributed by atoms with E-state index in [1.165, 1.54) is 19.7 Å². The fraction of sp³-hybridized carbons (Fsp3) is 0.357. The Hall–Kier alpha value is -1.28. The number of aromatic nitrogens is 1. The van der Waals surface area contributed by atoms with Crippen molar-refractivity contribution in [3.05, 3.63) is 40.9 Å². The number of nitrogens with one attached hydrogen (secondary N) is 1. The van der Waals surface area contributed by atoms with Crippen LogP contribution in [0.15, 0.2) is 29.6 Å². The van der Waals surface area contributed by atoms with Gasteiger partial charge in [-0.15, -0.1) is 11.3 Å². The van der Waals surface area contributed by atoms with E-state index in [4.69, 9.17) is 0 Å². The SMILES string of the molecule is Cc1ccccc1-c1nc(CCNS(=O)(=O)N(C)C)cs1. The van der Waals surface area contributed by atoms with E-state index >= 15 is 0 Å². The Morgan fingerprint density at radius 1 is 1.29 bits per heavy atom. The van der Waals surface area contributed by atoms with E-state index in [0.717, 1.165) is 20.6 Å². The van der Waals surface area contributed by atoms with Gasteiger partial charge in [0.25, 0.3) is 10.2 Å². The van der Waals surface area contributed by atoms with Gasteiger partial charge in [-0.1, -0.05) is 24.3 Å². The minimum Gasteiger partial charge on any atom is -0.241 e. The van der Waals surface area contributed by atoms with E-state index < -0.39 is 10.2 Å². The molecule has 5 nitrogen and oxygen atoms in total. The van der Waals surface area contributed by atoms with Crippen molar-refractivity contribution in [2.45, 2.75) is 13.3 Å². The molecule has 1 aromatic carbocycles. The molecule has 0 radical (unpaired) electrons. The average molecular weight is 325 g/mol. The molecule has 0 saturated heterocycles. The molecule has 1 heterocycles. The predicted octanol–water partition coefficient (Wildman–Crippen LogP) is 2.06. The first-order chi connectivity index (χ1) is 9.90. The van der Waals surface area contributed by atoms with Gasteiger partial charge >= 0.3 is 0 Å². The highest BCUT2D eigenvalue weighted by Crippen LogP contribution is 2.26. The highest BCUT2D eigenvalue weighted by molar-refractivity contribution is 7.87. The first kappa shape index (κ1) is 16.1. The van der Waals surface area contributed by atoms with Gasteiger partial charge < -0.3 is 0 Å². The van der Waals surface area contributed by atoms with Crippen LogP contribution in [0.2, 0.25) is 0 Å². The second kappa shape index (κ2) is 6.65.